The van der Waals surface area contributed by atoms with Crippen molar-refractivity contribution in [3.05, 3.63) is 17.9 Å². The topological polar surface area (TPSA) is 63.6 Å². The monoisotopic (exact) mass is 882 g/mol. The summed E-state index contributed by atoms with van der Waals surface area (Å²) in [4.78, 5) is 0. The Hall–Kier alpha value is 2.44. The fourth-order valence-electron chi connectivity index (χ4n) is 1.21. The summed E-state index contributed by atoms with van der Waals surface area (Å²) in [6, 6.07) is 0. The first-order valence-electron chi connectivity index (χ1n) is 4.87. The Morgan fingerprint density at radius 2 is 1.33 bits per heavy atom. The van der Waals surface area contributed by atoms with Crippen LogP contribution in [0, 0.1) is 17.9 Å². The minimum atomic E-state index is -4.56. The molecule has 120 valence electrons. The van der Waals surface area contributed by atoms with Crippen molar-refractivity contribution in [2.24, 2.45) is 0 Å². The van der Waals surface area contributed by atoms with E-state index in [0.717, 1.165) is 10.7 Å². The van der Waals surface area contributed by atoms with E-state index in [1.165, 1.54) is 0 Å². The van der Waals surface area contributed by atoms with Crippen molar-refractivity contribution < 1.29 is 26.5 Å². The second-order valence-electron chi connectivity index (χ2n) is 3.64. The minimum absolute atomic E-state index is 0.208. The largest absolute Gasteiger partial charge is 0.481 e. The minimum Gasteiger partial charge on any atom is -0.481 e. The molecule has 0 amide bonds. The van der Waals surface area contributed by atoms with Crippen molar-refractivity contribution in [3.63, 3.8) is 0 Å². The molecule has 0 aromatic heterocycles. The summed E-state index contributed by atoms with van der Waals surface area (Å²) in [5, 5.41) is 0. The first kappa shape index (κ1) is 21.5. The quantitative estimate of drug-likeness (QED) is 0.204. The van der Waals surface area contributed by atoms with E-state index in [0.29, 0.717) is 7.14 Å². The Kier molecular flexibility index (Phi) is 8.90. The SMILES string of the molecule is O=S(=O)(O)CC(Oc1c(I)c(I)c(I)c(I)c1I)C(F)F. The van der Waals surface area contributed by atoms with Crippen LogP contribution in [0.5, 0.6) is 5.75 Å². The maximum absolute atomic E-state index is 12.9. The highest BCUT2D eigenvalue weighted by Gasteiger charge is 2.30. The van der Waals surface area contributed by atoms with Crippen LogP contribution in [0.1, 0.15) is 0 Å². The second kappa shape index (κ2) is 8.70. The normalized spacial score (nSPS) is 13.6. The van der Waals surface area contributed by atoms with E-state index < -0.39 is 28.4 Å². The summed E-state index contributed by atoms with van der Waals surface area (Å²) in [5.41, 5.74) is 0. The van der Waals surface area contributed by atoms with Gasteiger partial charge in [-0.25, -0.2) is 8.78 Å². The van der Waals surface area contributed by atoms with E-state index in [1.807, 2.05) is 45.2 Å². The van der Waals surface area contributed by atoms with Crippen LogP contribution in [-0.2, 0) is 10.1 Å². The molecule has 0 saturated carbocycles. The maximum atomic E-state index is 12.9. The van der Waals surface area contributed by atoms with Gasteiger partial charge in [0, 0.05) is 10.7 Å². The molecule has 1 aromatic carbocycles. The van der Waals surface area contributed by atoms with Crippen LogP contribution in [0.2, 0.25) is 0 Å². The molecule has 12 heteroatoms. The molecule has 1 aromatic rings. The molecule has 0 aliphatic rings. The number of alkyl halides is 2. The number of ether oxygens (including phenoxy) is 1. The lowest BCUT2D eigenvalue weighted by Gasteiger charge is -2.21. The van der Waals surface area contributed by atoms with Gasteiger partial charge in [-0.2, -0.15) is 8.42 Å². The molecule has 1 rings (SSSR count). The maximum Gasteiger partial charge on any atom is 0.275 e. The van der Waals surface area contributed by atoms with Gasteiger partial charge in [0.25, 0.3) is 16.5 Å². The van der Waals surface area contributed by atoms with Crippen LogP contribution in [0.3, 0.4) is 0 Å². The van der Waals surface area contributed by atoms with Gasteiger partial charge in [-0.05, 0) is 113 Å². The summed E-state index contributed by atoms with van der Waals surface area (Å²) >= 11 is 10.2. The molecular formula is C9H5F2I5O4S. The van der Waals surface area contributed by atoms with Crippen LogP contribution < -0.4 is 4.74 Å². The zero-order valence-corrected chi connectivity index (χ0v) is 21.2. The molecule has 0 heterocycles. The number of hydrogen-bond acceptors (Lipinski definition) is 3. The van der Waals surface area contributed by atoms with Gasteiger partial charge < -0.3 is 4.74 Å². The Morgan fingerprint density at radius 3 is 1.67 bits per heavy atom. The first-order valence-corrected chi connectivity index (χ1v) is 11.9. The average molecular weight is 882 g/mol. The molecule has 1 N–H and O–H groups in total. The summed E-state index contributed by atoms with van der Waals surface area (Å²) in [6.45, 7) is 0. The molecule has 0 bridgehead atoms. The standard InChI is InChI=1S/C9H5F2I5O4S/c10-9(11)2(1-21(17,18)19)20-8-6(15)4(13)3(12)5(14)7(8)16/h2,9H,1H2,(H,17,18,19). The highest BCUT2D eigenvalue weighted by Crippen LogP contribution is 2.39. The summed E-state index contributed by atoms with van der Waals surface area (Å²) < 4.78 is 65.4. The summed E-state index contributed by atoms with van der Waals surface area (Å²) in [5.74, 6) is -0.949. The fraction of sp³-hybridized carbons (Fsp3) is 0.333. The summed E-state index contributed by atoms with van der Waals surface area (Å²) in [7, 11) is -4.56. The van der Waals surface area contributed by atoms with Crippen molar-refractivity contribution in [3.8, 4) is 5.75 Å². The van der Waals surface area contributed by atoms with Crippen molar-refractivity contribution in [2.45, 2.75) is 12.5 Å². The van der Waals surface area contributed by atoms with E-state index in [2.05, 4.69) is 67.8 Å². The molecule has 0 radical (unpaired) electrons. The lowest BCUT2D eigenvalue weighted by molar-refractivity contribution is 0.0226. The number of rotatable bonds is 5. The number of hydrogen-bond donors (Lipinski definition) is 1. The lowest BCUT2D eigenvalue weighted by Crippen LogP contribution is -2.34. The molecule has 21 heavy (non-hydrogen) atoms. The van der Waals surface area contributed by atoms with E-state index in [-0.39, 0.29) is 5.75 Å². The fourth-order valence-corrected chi connectivity index (χ4v) is 6.80. The molecule has 0 fully saturated rings. The van der Waals surface area contributed by atoms with Crippen molar-refractivity contribution in [1.29, 1.82) is 0 Å². The summed E-state index contributed by atoms with van der Waals surface area (Å²) in [6.07, 6.45) is -4.96. The highest BCUT2D eigenvalue weighted by molar-refractivity contribution is 14.1. The smallest absolute Gasteiger partial charge is 0.275 e. The van der Waals surface area contributed by atoms with Crippen LogP contribution >= 0.6 is 113 Å². The lowest BCUT2D eigenvalue weighted by atomic mass is 10.3. The zero-order chi connectivity index (χ0) is 16.5. The van der Waals surface area contributed by atoms with E-state index in [4.69, 9.17) is 9.29 Å². The zero-order valence-electron chi connectivity index (χ0n) is 9.59. The third-order valence-corrected chi connectivity index (χ3v) is 12.3. The average Bonchev–Trinajstić information content (AvgIpc) is 2.36. The highest BCUT2D eigenvalue weighted by atomic mass is 127. The van der Waals surface area contributed by atoms with Gasteiger partial charge >= 0.3 is 0 Å². The number of halogens is 7. The van der Waals surface area contributed by atoms with Gasteiger partial charge in [0.2, 0.25) is 0 Å². The van der Waals surface area contributed by atoms with Crippen LogP contribution in [0.4, 0.5) is 8.78 Å². The molecule has 0 spiro atoms. The van der Waals surface area contributed by atoms with Gasteiger partial charge in [0.15, 0.2) is 6.10 Å². The van der Waals surface area contributed by atoms with Crippen molar-refractivity contribution in [2.75, 3.05) is 5.75 Å². The van der Waals surface area contributed by atoms with Crippen molar-refractivity contribution in [1.82, 2.24) is 0 Å². The first-order chi connectivity index (χ1) is 9.45. The Morgan fingerprint density at radius 1 is 0.952 bits per heavy atom. The molecular weight excluding hydrogens is 877 g/mol. The second-order valence-corrected chi connectivity index (χ2v) is 10.5. The Labute approximate surface area is 188 Å². The molecule has 0 aliphatic carbocycles. The van der Waals surface area contributed by atoms with Crippen LogP contribution in [0.15, 0.2) is 0 Å². The predicted molar refractivity (Wildman–Crippen MR) is 117 cm³/mol. The Bertz CT molecular complexity index is 623. The molecule has 0 aliphatic heterocycles. The van der Waals surface area contributed by atoms with Crippen molar-refractivity contribution >= 4 is 123 Å². The van der Waals surface area contributed by atoms with Gasteiger partial charge in [-0.1, -0.05) is 0 Å². The van der Waals surface area contributed by atoms with E-state index in [9.17, 15) is 17.2 Å². The van der Waals surface area contributed by atoms with Gasteiger partial charge in [-0.3, -0.25) is 4.55 Å². The van der Waals surface area contributed by atoms with E-state index >= 15 is 0 Å². The Balaban J connectivity index is 3.28. The molecule has 1 unspecified atom stereocenters. The third-order valence-electron chi connectivity index (χ3n) is 2.09. The van der Waals surface area contributed by atoms with Gasteiger partial charge in [-0.15, -0.1) is 0 Å². The van der Waals surface area contributed by atoms with Crippen LogP contribution in [0.25, 0.3) is 0 Å². The van der Waals surface area contributed by atoms with Crippen LogP contribution in [-0.4, -0.2) is 31.3 Å². The third kappa shape index (κ3) is 6.03. The van der Waals surface area contributed by atoms with Gasteiger partial charge in [0.05, 0.1) is 7.14 Å². The molecule has 4 nitrogen and oxygen atoms in total. The number of benzene rings is 1. The predicted octanol–water partition coefficient (Wildman–Crippen LogP) is 4.61. The molecule has 1 atom stereocenters. The molecule has 0 saturated heterocycles. The van der Waals surface area contributed by atoms with Gasteiger partial charge in [0.1, 0.15) is 11.5 Å². The van der Waals surface area contributed by atoms with E-state index in [1.54, 1.807) is 0 Å².